The van der Waals surface area contributed by atoms with Crippen molar-refractivity contribution in [2.75, 3.05) is 33.4 Å². The molecule has 2 fully saturated rings. The Morgan fingerprint density at radius 1 is 1.47 bits per heavy atom. The number of rotatable bonds is 3. The van der Waals surface area contributed by atoms with E-state index in [4.69, 9.17) is 4.74 Å². The zero-order valence-corrected chi connectivity index (χ0v) is 10.4. The number of nitrogens with zero attached hydrogens (tertiary/aromatic N) is 1. The van der Waals surface area contributed by atoms with E-state index in [2.05, 4.69) is 10.2 Å². The third-order valence-electron chi connectivity index (χ3n) is 4.17. The fourth-order valence-corrected chi connectivity index (χ4v) is 3.03. The summed E-state index contributed by atoms with van der Waals surface area (Å²) in [6.07, 6.45) is 3.53. The molecule has 5 heteroatoms. The van der Waals surface area contributed by atoms with Gasteiger partial charge < -0.3 is 15.2 Å². The summed E-state index contributed by atoms with van der Waals surface area (Å²) in [6.45, 7) is 3.42. The number of carbonyl (C=O) groups is 1. The fraction of sp³-hybridized carbons (Fsp3) is 0.917. The number of carboxylic acid groups (broad SMARTS) is 1. The van der Waals surface area contributed by atoms with Crippen LogP contribution < -0.4 is 5.32 Å². The van der Waals surface area contributed by atoms with Crippen molar-refractivity contribution in [3.63, 3.8) is 0 Å². The second kappa shape index (κ2) is 5.33. The Morgan fingerprint density at radius 2 is 2.18 bits per heavy atom. The number of hydrogen-bond donors (Lipinski definition) is 2. The van der Waals surface area contributed by atoms with E-state index in [1.165, 1.54) is 0 Å². The molecule has 1 saturated carbocycles. The van der Waals surface area contributed by atoms with Crippen molar-refractivity contribution >= 4 is 5.97 Å². The Morgan fingerprint density at radius 3 is 2.76 bits per heavy atom. The molecule has 2 N–H and O–H groups in total. The van der Waals surface area contributed by atoms with Crippen LogP contribution in [0.4, 0.5) is 0 Å². The van der Waals surface area contributed by atoms with Gasteiger partial charge in [0.15, 0.2) is 0 Å². The maximum absolute atomic E-state index is 11.4. The molecule has 0 aromatic rings. The van der Waals surface area contributed by atoms with Crippen LogP contribution in [0.25, 0.3) is 0 Å². The first-order valence-electron chi connectivity index (χ1n) is 6.42. The zero-order valence-electron chi connectivity index (χ0n) is 10.4. The number of nitrogens with one attached hydrogen (secondary N) is 1. The average molecular weight is 242 g/mol. The van der Waals surface area contributed by atoms with E-state index in [0.29, 0.717) is 12.5 Å². The van der Waals surface area contributed by atoms with Crippen LogP contribution in [-0.4, -0.2) is 60.9 Å². The van der Waals surface area contributed by atoms with E-state index < -0.39 is 11.5 Å². The molecule has 0 amide bonds. The Kier molecular flexibility index (Phi) is 4.01. The van der Waals surface area contributed by atoms with E-state index in [1.54, 1.807) is 7.05 Å². The first kappa shape index (κ1) is 12.8. The lowest BCUT2D eigenvalue weighted by atomic mass is 9.78. The lowest BCUT2D eigenvalue weighted by Crippen LogP contribution is -2.58. The summed E-state index contributed by atoms with van der Waals surface area (Å²) >= 11 is 0. The summed E-state index contributed by atoms with van der Waals surface area (Å²) in [7, 11) is 1.76. The molecular weight excluding hydrogens is 220 g/mol. The molecule has 0 radical (unpaired) electrons. The van der Waals surface area contributed by atoms with Gasteiger partial charge in [0.05, 0.1) is 13.2 Å². The van der Waals surface area contributed by atoms with Crippen LogP contribution in [0.2, 0.25) is 0 Å². The molecule has 98 valence electrons. The highest BCUT2D eigenvalue weighted by Gasteiger charge is 2.43. The summed E-state index contributed by atoms with van der Waals surface area (Å²) in [5.41, 5.74) is -0.721. The standard InChI is InChI=1S/C12H22N2O3/c1-13-12(11(15)16)4-2-3-10(9-12)14-5-7-17-8-6-14/h10,13H,2-9H2,1H3,(H,15,16). The van der Waals surface area contributed by atoms with Crippen molar-refractivity contribution in [1.29, 1.82) is 0 Å². The lowest BCUT2D eigenvalue weighted by Gasteiger charge is -2.43. The normalized spacial score (nSPS) is 35.7. The van der Waals surface area contributed by atoms with E-state index in [0.717, 1.165) is 45.6 Å². The highest BCUT2D eigenvalue weighted by atomic mass is 16.5. The predicted octanol–water partition coefficient (Wildman–Crippen LogP) is 0.304. The van der Waals surface area contributed by atoms with Crippen LogP contribution in [0.1, 0.15) is 25.7 Å². The molecule has 1 heterocycles. The number of carboxylic acids is 1. The third-order valence-corrected chi connectivity index (χ3v) is 4.17. The van der Waals surface area contributed by atoms with Gasteiger partial charge in [0.2, 0.25) is 0 Å². The summed E-state index contributed by atoms with van der Waals surface area (Å²) < 4.78 is 5.34. The van der Waals surface area contributed by atoms with Crippen molar-refractivity contribution in [1.82, 2.24) is 10.2 Å². The SMILES string of the molecule is CNC1(C(=O)O)CCCC(N2CCOCC2)C1. The minimum absolute atomic E-state index is 0.385. The van der Waals surface area contributed by atoms with Crippen LogP contribution in [-0.2, 0) is 9.53 Å². The van der Waals surface area contributed by atoms with Crippen molar-refractivity contribution in [3.8, 4) is 0 Å². The largest absolute Gasteiger partial charge is 0.480 e. The predicted molar refractivity (Wildman–Crippen MR) is 64.1 cm³/mol. The molecule has 0 aromatic carbocycles. The number of hydrogen-bond acceptors (Lipinski definition) is 4. The molecular formula is C12H22N2O3. The van der Waals surface area contributed by atoms with Gasteiger partial charge in [-0.25, -0.2) is 0 Å². The third kappa shape index (κ3) is 2.61. The van der Waals surface area contributed by atoms with Crippen LogP contribution in [0.3, 0.4) is 0 Å². The Hall–Kier alpha value is -0.650. The molecule has 1 saturated heterocycles. The smallest absolute Gasteiger partial charge is 0.323 e. The Labute approximate surface area is 102 Å². The fourth-order valence-electron chi connectivity index (χ4n) is 3.03. The molecule has 0 spiro atoms. The number of morpholine rings is 1. The summed E-state index contributed by atoms with van der Waals surface area (Å²) in [5, 5.41) is 12.4. The van der Waals surface area contributed by atoms with Crippen molar-refractivity contribution in [2.45, 2.75) is 37.3 Å². The molecule has 0 bridgehead atoms. The Bertz CT molecular complexity index is 279. The van der Waals surface area contributed by atoms with E-state index >= 15 is 0 Å². The zero-order chi connectivity index (χ0) is 12.3. The summed E-state index contributed by atoms with van der Waals surface area (Å²) in [4.78, 5) is 13.8. The molecule has 1 aliphatic heterocycles. The van der Waals surface area contributed by atoms with Gasteiger partial charge in [0.25, 0.3) is 0 Å². The number of likely N-dealkylation sites (N-methyl/N-ethyl adjacent to an activating group) is 1. The van der Waals surface area contributed by atoms with Crippen molar-refractivity contribution in [3.05, 3.63) is 0 Å². The van der Waals surface area contributed by atoms with Gasteiger partial charge in [0, 0.05) is 19.1 Å². The van der Waals surface area contributed by atoms with E-state index in [-0.39, 0.29) is 0 Å². The number of aliphatic carboxylic acids is 1. The highest BCUT2D eigenvalue weighted by molar-refractivity contribution is 5.79. The van der Waals surface area contributed by atoms with E-state index in [1.807, 2.05) is 0 Å². The number of ether oxygens (including phenoxy) is 1. The van der Waals surface area contributed by atoms with Gasteiger partial charge in [-0.3, -0.25) is 9.69 Å². The molecule has 2 unspecified atom stereocenters. The maximum atomic E-state index is 11.4. The minimum Gasteiger partial charge on any atom is -0.480 e. The Balaban J connectivity index is 2.02. The molecule has 1 aliphatic carbocycles. The van der Waals surface area contributed by atoms with Gasteiger partial charge in [-0.05, 0) is 32.7 Å². The molecule has 2 aliphatic rings. The monoisotopic (exact) mass is 242 g/mol. The second-order valence-electron chi connectivity index (χ2n) is 5.04. The van der Waals surface area contributed by atoms with Crippen LogP contribution in [0.15, 0.2) is 0 Å². The van der Waals surface area contributed by atoms with Crippen molar-refractivity contribution in [2.24, 2.45) is 0 Å². The minimum atomic E-state index is -0.721. The van der Waals surface area contributed by atoms with Crippen LogP contribution in [0.5, 0.6) is 0 Å². The van der Waals surface area contributed by atoms with Gasteiger partial charge in [0.1, 0.15) is 5.54 Å². The molecule has 2 rings (SSSR count). The van der Waals surface area contributed by atoms with Crippen LogP contribution >= 0.6 is 0 Å². The van der Waals surface area contributed by atoms with Gasteiger partial charge >= 0.3 is 5.97 Å². The van der Waals surface area contributed by atoms with Crippen LogP contribution in [0, 0.1) is 0 Å². The van der Waals surface area contributed by atoms with Gasteiger partial charge in [-0.15, -0.1) is 0 Å². The maximum Gasteiger partial charge on any atom is 0.323 e. The first-order chi connectivity index (χ1) is 8.18. The van der Waals surface area contributed by atoms with Crippen molar-refractivity contribution < 1.29 is 14.6 Å². The quantitative estimate of drug-likeness (QED) is 0.745. The lowest BCUT2D eigenvalue weighted by molar-refractivity contribution is -0.147. The second-order valence-corrected chi connectivity index (χ2v) is 5.04. The van der Waals surface area contributed by atoms with Gasteiger partial charge in [-0.1, -0.05) is 0 Å². The summed E-state index contributed by atoms with van der Waals surface area (Å²) in [5.74, 6) is -0.710. The topological polar surface area (TPSA) is 61.8 Å². The summed E-state index contributed by atoms with van der Waals surface area (Å²) in [6, 6.07) is 0.385. The molecule has 5 nitrogen and oxygen atoms in total. The molecule has 0 aromatic heterocycles. The first-order valence-corrected chi connectivity index (χ1v) is 6.42. The van der Waals surface area contributed by atoms with Gasteiger partial charge in [-0.2, -0.15) is 0 Å². The average Bonchev–Trinajstić information content (AvgIpc) is 2.39. The highest BCUT2D eigenvalue weighted by Crippen LogP contribution is 2.31. The molecule has 17 heavy (non-hydrogen) atoms. The molecule has 2 atom stereocenters. The van der Waals surface area contributed by atoms with E-state index in [9.17, 15) is 9.90 Å².